The van der Waals surface area contributed by atoms with Crippen LogP contribution < -0.4 is 4.90 Å². The van der Waals surface area contributed by atoms with E-state index in [4.69, 9.17) is 4.74 Å². The van der Waals surface area contributed by atoms with E-state index in [0.29, 0.717) is 12.4 Å². The van der Waals surface area contributed by atoms with Crippen LogP contribution in [-0.2, 0) is 9.53 Å². The molecule has 2 rings (SSSR count). The summed E-state index contributed by atoms with van der Waals surface area (Å²) in [6, 6.07) is 3.57. The van der Waals surface area contributed by atoms with E-state index in [9.17, 15) is 9.59 Å². The highest BCUT2D eigenvalue weighted by Crippen LogP contribution is 2.33. The fourth-order valence-electron chi connectivity index (χ4n) is 1.90. The lowest BCUT2D eigenvalue weighted by Crippen LogP contribution is -2.36. The van der Waals surface area contributed by atoms with E-state index in [0.717, 1.165) is 11.8 Å². The largest absolute Gasteiger partial charge is 0.443 e. The summed E-state index contributed by atoms with van der Waals surface area (Å²) in [6.45, 7) is 5.71. The smallest absolute Gasteiger partial charge is 0.416 e. The summed E-state index contributed by atoms with van der Waals surface area (Å²) in [5.74, 6) is 0.199. The molecule has 0 saturated carbocycles. The molecule has 0 spiro atoms. The molecule has 1 aromatic heterocycles. The summed E-state index contributed by atoms with van der Waals surface area (Å²) in [6.07, 6.45) is 1.97. The molecule has 1 aromatic rings. The number of nitrogens with zero attached hydrogens (tertiary/aromatic N) is 2. The van der Waals surface area contributed by atoms with Crippen LogP contribution in [0.25, 0.3) is 0 Å². The van der Waals surface area contributed by atoms with Crippen LogP contribution in [0.1, 0.15) is 32.3 Å². The van der Waals surface area contributed by atoms with Crippen molar-refractivity contribution in [1.82, 2.24) is 4.98 Å². The van der Waals surface area contributed by atoms with E-state index in [-0.39, 0.29) is 5.92 Å². The Kier molecular flexibility index (Phi) is 3.07. The molecule has 1 atom stereocenters. The maximum atomic E-state index is 12.0. The van der Waals surface area contributed by atoms with Gasteiger partial charge in [-0.1, -0.05) is 6.07 Å². The zero-order valence-electron chi connectivity index (χ0n) is 10.7. The minimum atomic E-state index is -0.564. The summed E-state index contributed by atoms with van der Waals surface area (Å²) >= 11 is 0. The van der Waals surface area contributed by atoms with Crippen molar-refractivity contribution in [1.29, 1.82) is 0 Å². The highest BCUT2D eigenvalue weighted by atomic mass is 16.6. The Bertz CT molecular complexity index is 479. The minimum absolute atomic E-state index is 0.296. The molecule has 0 N–H and O–H groups in total. The number of anilines is 1. The number of pyridine rings is 1. The Labute approximate surface area is 106 Å². The monoisotopic (exact) mass is 248 g/mol. The van der Waals surface area contributed by atoms with Crippen LogP contribution in [0, 0.1) is 0 Å². The fraction of sp³-hybridized carbons (Fsp3) is 0.462. The Balaban J connectivity index is 2.27. The first kappa shape index (κ1) is 12.5. The van der Waals surface area contributed by atoms with Gasteiger partial charge in [-0.25, -0.2) is 9.78 Å². The normalized spacial score (nSPS) is 18.4. The Morgan fingerprint density at radius 2 is 2.28 bits per heavy atom. The predicted octanol–water partition coefficient (Wildman–Crippen LogP) is 2.12. The van der Waals surface area contributed by atoms with Crippen LogP contribution in [0.3, 0.4) is 0 Å². The second-order valence-corrected chi connectivity index (χ2v) is 5.25. The van der Waals surface area contributed by atoms with E-state index < -0.39 is 11.7 Å². The summed E-state index contributed by atoms with van der Waals surface area (Å²) in [5.41, 5.74) is 0.212. The number of fused-ring (bicyclic) bond motifs is 1. The van der Waals surface area contributed by atoms with Gasteiger partial charge in [0.25, 0.3) is 0 Å². The molecule has 96 valence electrons. The first-order chi connectivity index (χ1) is 8.42. The first-order valence-corrected chi connectivity index (χ1v) is 5.83. The van der Waals surface area contributed by atoms with Gasteiger partial charge >= 0.3 is 6.09 Å². The predicted molar refractivity (Wildman–Crippen MR) is 66.6 cm³/mol. The van der Waals surface area contributed by atoms with Crippen LogP contribution >= 0.6 is 0 Å². The quantitative estimate of drug-likeness (QED) is 0.714. The van der Waals surface area contributed by atoms with Gasteiger partial charge in [-0.2, -0.15) is 0 Å². The van der Waals surface area contributed by atoms with E-state index in [1.807, 2.05) is 6.07 Å². The molecule has 1 unspecified atom stereocenters. The average Bonchev–Trinajstić information content (AvgIpc) is 2.65. The van der Waals surface area contributed by atoms with Gasteiger partial charge in [-0.15, -0.1) is 0 Å². The van der Waals surface area contributed by atoms with Crippen molar-refractivity contribution in [2.24, 2.45) is 0 Å². The highest BCUT2D eigenvalue weighted by molar-refractivity contribution is 5.92. The Morgan fingerprint density at radius 3 is 2.89 bits per heavy atom. The van der Waals surface area contributed by atoms with Crippen molar-refractivity contribution in [2.75, 3.05) is 11.4 Å². The molecular formula is C13H16N2O3. The van der Waals surface area contributed by atoms with Gasteiger partial charge in [-0.3, -0.25) is 4.90 Å². The minimum Gasteiger partial charge on any atom is -0.443 e. The molecule has 0 bridgehead atoms. The van der Waals surface area contributed by atoms with E-state index in [1.54, 1.807) is 33.0 Å². The number of amides is 1. The molecular weight excluding hydrogens is 232 g/mol. The van der Waals surface area contributed by atoms with Gasteiger partial charge in [0.1, 0.15) is 17.7 Å². The van der Waals surface area contributed by atoms with Crippen molar-refractivity contribution in [3.8, 4) is 0 Å². The molecule has 2 heterocycles. The first-order valence-electron chi connectivity index (χ1n) is 5.83. The van der Waals surface area contributed by atoms with Gasteiger partial charge in [0.2, 0.25) is 0 Å². The summed E-state index contributed by atoms with van der Waals surface area (Å²) < 4.78 is 5.30. The fourth-order valence-corrected chi connectivity index (χ4v) is 1.90. The molecule has 1 aliphatic heterocycles. The van der Waals surface area contributed by atoms with Crippen molar-refractivity contribution in [3.05, 3.63) is 23.9 Å². The Hall–Kier alpha value is -1.91. The van der Waals surface area contributed by atoms with Crippen LogP contribution in [-0.4, -0.2) is 29.5 Å². The van der Waals surface area contributed by atoms with Crippen molar-refractivity contribution < 1.29 is 14.3 Å². The molecule has 0 fully saturated rings. The molecule has 5 heteroatoms. The molecule has 1 amide bonds. The van der Waals surface area contributed by atoms with Crippen LogP contribution in [0.15, 0.2) is 18.3 Å². The van der Waals surface area contributed by atoms with Crippen LogP contribution in [0.2, 0.25) is 0 Å². The second-order valence-electron chi connectivity index (χ2n) is 5.25. The third kappa shape index (κ3) is 2.34. The molecule has 1 aliphatic rings. The number of hydrogen-bond acceptors (Lipinski definition) is 4. The third-order valence-electron chi connectivity index (χ3n) is 2.63. The third-order valence-corrected chi connectivity index (χ3v) is 2.63. The van der Waals surface area contributed by atoms with Gasteiger partial charge in [0, 0.05) is 18.3 Å². The highest BCUT2D eigenvalue weighted by Gasteiger charge is 2.35. The molecule has 18 heavy (non-hydrogen) atoms. The number of aldehydes is 1. The van der Waals surface area contributed by atoms with Gasteiger partial charge in [0.15, 0.2) is 0 Å². The number of carbonyl (C=O) groups excluding carboxylic acids is 2. The Morgan fingerprint density at radius 1 is 1.56 bits per heavy atom. The lowest BCUT2D eigenvalue weighted by atomic mass is 10.1. The average molecular weight is 248 g/mol. The van der Waals surface area contributed by atoms with Crippen molar-refractivity contribution >= 4 is 18.2 Å². The zero-order valence-corrected chi connectivity index (χ0v) is 10.7. The van der Waals surface area contributed by atoms with Gasteiger partial charge in [0.05, 0.1) is 5.92 Å². The maximum absolute atomic E-state index is 12.0. The molecule has 0 saturated heterocycles. The molecule has 0 aliphatic carbocycles. The summed E-state index contributed by atoms with van der Waals surface area (Å²) in [5, 5.41) is 0. The summed E-state index contributed by atoms with van der Waals surface area (Å²) in [4.78, 5) is 28.6. The summed E-state index contributed by atoms with van der Waals surface area (Å²) in [7, 11) is 0. The number of carbonyl (C=O) groups is 2. The molecule has 0 radical (unpaired) electrons. The number of aromatic nitrogens is 1. The van der Waals surface area contributed by atoms with E-state index in [1.165, 1.54) is 4.90 Å². The zero-order chi connectivity index (χ0) is 13.3. The van der Waals surface area contributed by atoms with Crippen LogP contribution in [0.5, 0.6) is 0 Å². The molecule has 5 nitrogen and oxygen atoms in total. The standard InChI is InChI=1S/C13H16N2O3/c1-13(2,3)18-12(17)15-7-9(8-16)10-5-4-6-14-11(10)15/h4-6,8-9H,7H2,1-3H3. The van der Waals surface area contributed by atoms with E-state index in [2.05, 4.69) is 4.98 Å². The molecule has 0 aromatic carbocycles. The second kappa shape index (κ2) is 4.40. The van der Waals surface area contributed by atoms with Gasteiger partial charge in [-0.05, 0) is 26.8 Å². The number of ether oxygens (including phenoxy) is 1. The van der Waals surface area contributed by atoms with Crippen molar-refractivity contribution in [2.45, 2.75) is 32.3 Å². The topological polar surface area (TPSA) is 59.5 Å². The SMILES string of the molecule is CC(C)(C)OC(=O)N1CC(C=O)c2cccnc21. The van der Waals surface area contributed by atoms with E-state index >= 15 is 0 Å². The van der Waals surface area contributed by atoms with Crippen LogP contribution in [0.4, 0.5) is 10.6 Å². The lowest BCUT2D eigenvalue weighted by Gasteiger charge is -2.24. The van der Waals surface area contributed by atoms with Gasteiger partial charge < -0.3 is 9.53 Å². The van der Waals surface area contributed by atoms with Crippen molar-refractivity contribution in [3.63, 3.8) is 0 Å². The maximum Gasteiger partial charge on any atom is 0.416 e. The number of hydrogen-bond donors (Lipinski definition) is 0. The number of rotatable bonds is 1. The lowest BCUT2D eigenvalue weighted by molar-refractivity contribution is -0.108.